The number of carbonyl (C=O) groups excluding carboxylic acids is 3. The van der Waals surface area contributed by atoms with Crippen molar-refractivity contribution in [2.24, 2.45) is 0 Å². The summed E-state index contributed by atoms with van der Waals surface area (Å²) in [5, 5.41) is 41.1. The smallest absolute Gasteiger partial charge is 0.416 e. The summed E-state index contributed by atoms with van der Waals surface area (Å²) >= 11 is 0. The number of benzene rings is 6. The number of nitro groups is 3. The van der Waals surface area contributed by atoms with Crippen molar-refractivity contribution in [1.82, 2.24) is 59.3 Å². The zero-order valence-electron chi connectivity index (χ0n) is 55.7. The molecule has 12 rings (SSSR count). The highest BCUT2D eigenvalue weighted by molar-refractivity contribution is 5.95. The number of amides is 3. The first-order chi connectivity index (χ1) is 50.4. The number of halogens is 7. The molecule has 105 heavy (non-hydrogen) atoms. The Labute approximate surface area is 593 Å². The van der Waals surface area contributed by atoms with Gasteiger partial charge in [-0.05, 0) is 121 Å². The second kappa shape index (κ2) is 35.7. The molecule has 29 nitrogen and oxygen atoms in total. The van der Waals surface area contributed by atoms with Crippen molar-refractivity contribution >= 4 is 35.2 Å². The fraction of sp³-hybridized carbons (Fsp3) is 0.304. The van der Waals surface area contributed by atoms with Crippen LogP contribution in [0.3, 0.4) is 0 Å². The maximum Gasteiger partial charge on any atom is 0.416 e. The molecule has 0 bridgehead atoms. The molecule has 3 aliphatic rings. The molecule has 0 saturated carbocycles. The lowest BCUT2D eigenvalue weighted by atomic mass is 10.1. The number of fused-ring (bicyclic) bond motifs is 3. The Balaban J connectivity index is 0.000000169. The molecule has 552 valence electrons. The SMILES string of the molecule is O=C(NCc1ccc(C(F)(F)F)cc1)c1ccc(CN2CCOc3nc([N+](=O)[O-])cn3CC2)cc1.O=C(NCc1ccc(OC(F)F)cc1)c1ccc(CN2CCOc3nc([N+](=O)[O-])cn3CC2)cc1.O=C(NCc1cccc(OC(F)F)c1)c1ccc(CN2CCOc3nc([N+](=O)[O-])cn3CC2)cc1. The summed E-state index contributed by atoms with van der Waals surface area (Å²) in [6.07, 6.45) is -0.296. The Kier molecular flexibility index (Phi) is 25.7. The molecule has 9 aromatic rings. The van der Waals surface area contributed by atoms with Crippen molar-refractivity contribution in [3.63, 3.8) is 0 Å². The van der Waals surface area contributed by atoms with E-state index in [4.69, 9.17) is 14.2 Å². The number of carbonyl (C=O) groups is 3. The van der Waals surface area contributed by atoms with Crippen LogP contribution in [0.25, 0.3) is 0 Å². The van der Waals surface area contributed by atoms with E-state index in [0.29, 0.717) is 126 Å². The number of ether oxygens (including phenoxy) is 5. The molecule has 3 amide bonds. The first kappa shape index (κ1) is 75.6. The van der Waals surface area contributed by atoms with Gasteiger partial charge in [-0.1, -0.05) is 72.8 Å². The summed E-state index contributed by atoms with van der Waals surface area (Å²) in [6, 6.07) is 39.1. The summed E-state index contributed by atoms with van der Waals surface area (Å²) in [4.78, 5) is 86.6. The summed E-state index contributed by atoms with van der Waals surface area (Å²) in [5.41, 5.74) is 5.60. The lowest BCUT2D eigenvalue weighted by Gasteiger charge is -2.24. The molecule has 0 atom stereocenters. The van der Waals surface area contributed by atoms with E-state index in [1.54, 1.807) is 74.4 Å². The van der Waals surface area contributed by atoms with E-state index in [2.05, 4.69) is 55.1 Å². The average Bonchev–Trinajstić information content (AvgIpc) is 1.68. The quantitative estimate of drug-likeness (QED) is 0.0322. The van der Waals surface area contributed by atoms with Crippen LogP contribution in [0.15, 0.2) is 164 Å². The third-order valence-electron chi connectivity index (χ3n) is 16.4. The molecule has 0 aliphatic carbocycles. The van der Waals surface area contributed by atoms with Crippen LogP contribution >= 0.6 is 0 Å². The largest absolute Gasteiger partial charge is 0.444 e. The molecule has 3 aromatic heterocycles. The third kappa shape index (κ3) is 22.5. The van der Waals surface area contributed by atoms with Crippen molar-refractivity contribution in [2.45, 2.75) is 78.3 Å². The highest BCUT2D eigenvalue weighted by Gasteiger charge is 2.31. The Hall–Kier alpha value is -12.1. The van der Waals surface area contributed by atoms with Crippen molar-refractivity contribution in [3.05, 3.63) is 250 Å². The van der Waals surface area contributed by atoms with Crippen LogP contribution in [0.5, 0.6) is 29.5 Å². The van der Waals surface area contributed by atoms with Crippen LogP contribution in [0, 0.1) is 30.3 Å². The van der Waals surface area contributed by atoms with Gasteiger partial charge in [-0.2, -0.15) is 30.7 Å². The molecule has 0 unspecified atom stereocenters. The van der Waals surface area contributed by atoms with Gasteiger partial charge in [0.25, 0.3) is 17.7 Å². The minimum atomic E-state index is -4.40. The summed E-state index contributed by atoms with van der Waals surface area (Å²) in [6.45, 7) is 2.92. The lowest BCUT2D eigenvalue weighted by molar-refractivity contribution is -0.389. The van der Waals surface area contributed by atoms with E-state index in [0.717, 1.165) is 34.4 Å². The van der Waals surface area contributed by atoms with E-state index in [1.165, 1.54) is 55.0 Å². The number of nitrogens with one attached hydrogen (secondary N) is 3. The highest BCUT2D eigenvalue weighted by atomic mass is 19.4. The van der Waals surface area contributed by atoms with Crippen LogP contribution in [0.4, 0.5) is 48.2 Å². The van der Waals surface area contributed by atoms with Crippen LogP contribution in [0.2, 0.25) is 0 Å². The molecule has 0 saturated heterocycles. The number of imidazole rings is 3. The van der Waals surface area contributed by atoms with Gasteiger partial charge in [0.1, 0.15) is 49.9 Å². The molecule has 6 aromatic carbocycles. The Morgan fingerprint density at radius 1 is 0.429 bits per heavy atom. The van der Waals surface area contributed by atoms with Crippen LogP contribution in [-0.4, -0.2) is 148 Å². The lowest BCUT2D eigenvalue weighted by Crippen LogP contribution is -2.33. The molecule has 0 radical (unpaired) electrons. The molecule has 3 aliphatic heterocycles. The van der Waals surface area contributed by atoms with Crippen molar-refractivity contribution in [1.29, 1.82) is 0 Å². The molecular weight excluding hydrogens is 1400 g/mol. The predicted octanol–water partition coefficient (Wildman–Crippen LogP) is 10.1. The van der Waals surface area contributed by atoms with Gasteiger partial charge < -0.3 is 70.0 Å². The summed E-state index contributed by atoms with van der Waals surface area (Å²) in [7, 11) is 0. The van der Waals surface area contributed by atoms with Gasteiger partial charge in [0.15, 0.2) is 0 Å². The van der Waals surface area contributed by atoms with Gasteiger partial charge >= 0.3 is 54.9 Å². The van der Waals surface area contributed by atoms with Crippen molar-refractivity contribution in [3.8, 4) is 29.5 Å². The average molecular weight is 1460 g/mol. The van der Waals surface area contributed by atoms with Crippen molar-refractivity contribution in [2.75, 3.05) is 59.1 Å². The van der Waals surface area contributed by atoms with Gasteiger partial charge in [-0.15, -0.1) is 0 Å². The van der Waals surface area contributed by atoms with Crippen LogP contribution in [-0.2, 0) is 65.1 Å². The summed E-state index contributed by atoms with van der Waals surface area (Å²) < 4.78 is 117. The second-order valence-electron chi connectivity index (χ2n) is 23.8. The van der Waals surface area contributed by atoms with E-state index in [-0.39, 0.29) is 84.3 Å². The number of aromatic nitrogens is 6. The first-order valence-corrected chi connectivity index (χ1v) is 32.5. The molecule has 3 N–H and O–H groups in total. The maximum atomic E-state index is 12.7. The fourth-order valence-corrected chi connectivity index (χ4v) is 10.9. The second-order valence-corrected chi connectivity index (χ2v) is 23.8. The fourth-order valence-electron chi connectivity index (χ4n) is 10.9. The van der Waals surface area contributed by atoms with Gasteiger partial charge in [0.05, 0.1) is 5.56 Å². The van der Waals surface area contributed by atoms with E-state index >= 15 is 0 Å². The molecule has 0 spiro atoms. The third-order valence-corrected chi connectivity index (χ3v) is 16.4. The number of rotatable bonds is 22. The molecule has 0 fully saturated rings. The molecule has 6 heterocycles. The van der Waals surface area contributed by atoms with Crippen molar-refractivity contribution < 1.29 is 83.6 Å². The van der Waals surface area contributed by atoms with E-state index < -0.39 is 39.7 Å². The van der Waals surface area contributed by atoms with Crippen LogP contribution in [0.1, 0.15) is 70.0 Å². The first-order valence-electron chi connectivity index (χ1n) is 32.5. The maximum absolute atomic E-state index is 12.7. The van der Waals surface area contributed by atoms with Gasteiger partial charge in [0, 0.05) is 130 Å². The normalized spacial score (nSPS) is 14.1. The number of hydrogen-bond acceptors (Lipinski definition) is 20. The predicted molar refractivity (Wildman–Crippen MR) is 359 cm³/mol. The Bertz CT molecular complexity index is 4430. The Morgan fingerprint density at radius 2 is 0.752 bits per heavy atom. The topological polar surface area (TPSA) is 326 Å². The molecular formula is C69H68F7N15O14. The zero-order chi connectivity index (χ0) is 74.6. The van der Waals surface area contributed by atoms with E-state index in [9.17, 15) is 75.5 Å². The number of alkyl halides is 7. The van der Waals surface area contributed by atoms with Crippen LogP contribution < -0.4 is 39.6 Å². The zero-order valence-corrected chi connectivity index (χ0v) is 55.7. The summed E-state index contributed by atoms with van der Waals surface area (Å²) in [5.74, 6) is -1.50. The Morgan fingerprint density at radius 3 is 1.09 bits per heavy atom. The standard InChI is InChI=1S/C23H22F3N5O4.2C23H23F2N5O5/c24-23(25,26)19-7-3-16(4-8-19)13-27-21(32)18-5-1-17(2-6-18)14-29-9-10-30-15-20(31(33)34)28-22(30)35-12-11-29;24-22(25)35-19-7-3-16(4-8-19)13-26-21(31)18-5-1-17(2-6-18)14-28-9-10-29-15-20(30(32)33)27-23(29)34-12-11-28;24-22(25)35-19-3-1-2-17(12-19)13-26-21(31)18-6-4-16(5-7-18)14-28-8-9-29-15-20(30(32)33)27-23(29)34-11-10-28/h1-8,15H,9-14H2,(H,27,32);1-8,15,22H,9-14H2,(H,26,31);1-7,12,15,22H,8-11,13-14H2,(H,26,31). The van der Waals surface area contributed by atoms with E-state index in [1.807, 2.05) is 36.4 Å². The monoisotopic (exact) mass is 1460 g/mol. The van der Waals surface area contributed by atoms with Gasteiger partial charge in [-0.25, -0.2) is 0 Å². The minimum absolute atomic E-state index is 0.0354. The number of nitrogens with zero attached hydrogens (tertiary/aromatic N) is 12. The number of hydrogen-bond donors (Lipinski definition) is 3. The van der Waals surface area contributed by atoms with Gasteiger partial charge in [-0.3, -0.25) is 42.8 Å². The minimum Gasteiger partial charge on any atom is -0.444 e. The van der Waals surface area contributed by atoms with Gasteiger partial charge in [0.2, 0.25) is 0 Å². The highest BCUT2D eigenvalue weighted by Crippen LogP contribution is 2.30. The molecule has 36 heteroatoms.